The average molecular weight is 247 g/mol. The summed E-state index contributed by atoms with van der Waals surface area (Å²) in [5.41, 5.74) is 8.19. The Bertz CT molecular complexity index is 560. The predicted molar refractivity (Wildman–Crippen MR) is 69.1 cm³/mol. The predicted octanol–water partition coefficient (Wildman–Crippen LogP) is 1.14. The van der Waals surface area contributed by atoms with Gasteiger partial charge in [0, 0.05) is 13.0 Å². The van der Waals surface area contributed by atoms with E-state index in [4.69, 9.17) is 10.2 Å². The molecule has 1 atom stereocenters. The Hall–Kier alpha value is -1.88. The van der Waals surface area contributed by atoms with Gasteiger partial charge in [-0.2, -0.15) is 0 Å². The number of aryl methyl sites for hydroxylation is 1. The van der Waals surface area contributed by atoms with E-state index in [9.17, 15) is 4.79 Å². The second kappa shape index (κ2) is 5.18. The maximum absolute atomic E-state index is 11.3. The Labute approximate surface area is 105 Å². The third-order valence-electron chi connectivity index (χ3n) is 2.72. The van der Waals surface area contributed by atoms with Gasteiger partial charge in [-0.1, -0.05) is 12.1 Å². The third kappa shape index (κ3) is 2.68. The number of benzene rings is 1. The lowest BCUT2D eigenvalue weighted by atomic mass is 10.2. The van der Waals surface area contributed by atoms with E-state index in [0.29, 0.717) is 18.9 Å². The minimum Gasteiger partial charge on any atom is -0.441 e. The Balaban J connectivity index is 2.00. The normalized spacial score (nSPS) is 12.6. The summed E-state index contributed by atoms with van der Waals surface area (Å²) in [6.07, 6.45) is 0.562. The molecule has 0 fully saturated rings. The zero-order chi connectivity index (χ0) is 13.1. The second-order valence-corrected chi connectivity index (χ2v) is 4.36. The summed E-state index contributed by atoms with van der Waals surface area (Å²) in [5, 5.41) is 2.73. The molecule has 1 unspecified atom stereocenters. The smallest absolute Gasteiger partial charge is 0.236 e. The van der Waals surface area contributed by atoms with E-state index in [1.54, 1.807) is 6.92 Å². The van der Waals surface area contributed by atoms with Gasteiger partial charge < -0.3 is 15.5 Å². The molecule has 0 saturated heterocycles. The van der Waals surface area contributed by atoms with Crippen LogP contribution < -0.4 is 11.1 Å². The summed E-state index contributed by atoms with van der Waals surface area (Å²) in [4.78, 5) is 15.7. The molecule has 18 heavy (non-hydrogen) atoms. The summed E-state index contributed by atoms with van der Waals surface area (Å²) in [5.74, 6) is 0.464. The van der Waals surface area contributed by atoms with Gasteiger partial charge in [0.1, 0.15) is 5.52 Å². The molecule has 96 valence electrons. The lowest BCUT2D eigenvalue weighted by Gasteiger charge is -2.05. The molecule has 0 saturated carbocycles. The molecule has 3 N–H and O–H groups in total. The number of hydrogen-bond acceptors (Lipinski definition) is 4. The number of oxazole rings is 1. The van der Waals surface area contributed by atoms with Crippen molar-refractivity contribution in [2.75, 3.05) is 6.54 Å². The van der Waals surface area contributed by atoms with E-state index in [2.05, 4.69) is 10.3 Å². The maximum Gasteiger partial charge on any atom is 0.236 e. The first kappa shape index (κ1) is 12.6. The van der Waals surface area contributed by atoms with Crippen LogP contribution in [0.3, 0.4) is 0 Å². The van der Waals surface area contributed by atoms with Crippen LogP contribution in [-0.2, 0) is 11.2 Å². The van der Waals surface area contributed by atoms with Crippen molar-refractivity contribution in [1.29, 1.82) is 0 Å². The summed E-state index contributed by atoms with van der Waals surface area (Å²) >= 11 is 0. The molecule has 5 nitrogen and oxygen atoms in total. The number of nitrogens with one attached hydrogen (secondary N) is 1. The molecule has 5 heteroatoms. The number of nitrogens with two attached hydrogens (primary N) is 1. The molecule has 0 spiro atoms. The first-order valence-corrected chi connectivity index (χ1v) is 5.96. The topological polar surface area (TPSA) is 81.2 Å². The lowest BCUT2D eigenvalue weighted by molar-refractivity contribution is -0.121. The number of carbonyl (C=O) groups excluding carboxylic acids is 1. The highest BCUT2D eigenvalue weighted by molar-refractivity contribution is 5.81. The molecular weight excluding hydrogens is 230 g/mol. The minimum absolute atomic E-state index is 0.165. The number of aromatic nitrogens is 1. The molecule has 0 aliphatic heterocycles. The SMILES string of the molecule is Cc1cccc2oc(CCNC(=O)C(C)N)nc12. The fourth-order valence-electron chi connectivity index (χ4n) is 1.69. The van der Waals surface area contributed by atoms with Crippen LogP contribution in [0.4, 0.5) is 0 Å². The van der Waals surface area contributed by atoms with Gasteiger partial charge in [-0.15, -0.1) is 0 Å². The summed E-state index contributed by atoms with van der Waals surface area (Å²) < 4.78 is 5.60. The van der Waals surface area contributed by atoms with Gasteiger partial charge in [0.25, 0.3) is 0 Å². The first-order chi connectivity index (χ1) is 8.58. The number of carbonyl (C=O) groups is 1. The van der Waals surface area contributed by atoms with Gasteiger partial charge in [-0.25, -0.2) is 4.98 Å². The molecular formula is C13H17N3O2. The maximum atomic E-state index is 11.3. The van der Waals surface area contributed by atoms with Crippen molar-refractivity contribution in [3.8, 4) is 0 Å². The van der Waals surface area contributed by atoms with Crippen molar-refractivity contribution in [2.45, 2.75) is 26.3 Å². The van der Waals surface area contributed by atoms with Crippen LogP contribution in [-0.4, -0.2) is 23.5 Å². The van der Waals surface area contributed by atoms with Crippen molar-refractivity contribution in [2.24, 2.45) is 5.73 Å². The molecule has 1 amide bonds. The van der Waals surface area contributed by atoms with Crippen LogP contribution in [0.25, 0.3) is 11.1 Å². The fraction of sp³-hybridized carbons (Fsp3) is 0.385. The van der Waals surface area contributed by atoms with Crippen LogP contribution >= 0.6 is 0 Å². The molecule has 0 bridgehead atoms. The number of nitrogens with zero attached hydrogens (tertiary/aromatic N) is 1. The lowest BCUT2D eigenvalue weighted by Crippen LogP contribution is -2.39. The minimum atomic E-state index is -0.490. The van der Waals surface area contributed by atoms with Crippen molar-refractivity contribution in [1.82, 2.24) is 10.3 Å². The van der Waals surface area contributed by atoms with E-state index in [0.717, 1.165) is 16.7 Å². The van der Waals surface area contributed by atoms with Gasteiger partial charge >= 0.3 is 0 Å². The standard InChI is InChI=1S/C13H17N3O2/c1-8-4-3-5-10-12(8)16-11(18-10)6-7-15-13(17)9(2)14/h3-5,9H,6-7,14H2,1-2H3,(H,15,17). The quantitative estimate of drug-likeness (QED) is 0.849. The molecule has 2 aromatic rings. The van der Waals surface area contributed by atoms with Crippen molar-refractivity contribution in [3.05, 3.63) is 29.7 Å². The Morgan fingerprint density at radius 3 is 3.00 bits per heavy atom. The summed E-state index contributed by atoms with van der Waals surface area (Å²) in [6.45, 7) is 4.12. The Morgan fingerprint density at radius 1 is 1.56 bits per heavy atom. The van der Waals surface area contributed by atoms with Crippen molar-refractivity contribution >= 4 is 17.0 Å². The highest BCUT2D eigenvalue weighted by Crippen LogP contribution is 2.18. The van der Waals surface area contributed by atoms with Gasteiger partial charge in [0.05, 0.1) is 6.04 Å². The highest BCUT2D eigenvalue weighted by Gasteiger charge is 2.09. The van der Waals surface area contributed by atoms with Crippen LogP contribution in [0, 0.1) is 6.92 Å². The van der Waals surface area contributed by atoms with E-state index in [-0.39, 0.29) is 5.91 Å². The van der Waals surface area contributed by atoms with Gasteiger partial charge in [-0.3, -0.25) is 4.79 Å². The van der Waals surface area contributed by atoms with Crippen LogP contribution in [0.5, 0.6) is 0 Å². The summed E-state index contributed by atoms with van der Waals surface area (Å²) in [7, 11) is 0. The zero-order valence-corrected chi connectivity index (χ0v) is 10.6. The van der Waals surface area contributed by atoms with Gasteiger partial charge in [-0.05, 0) is 25.5 Å². The van der Waals surface area contributed by atoms with Crippen molar-refractivity contribution < 1.29 is 9.21 Å². The first-order valence-electron chi connectivity index (χ1n) is 5.96. The highest BCUT2D eigenvalue weighted by atomic mass is 16.3. The number of fused-ring (bicyclic) bond motifs is 1. The molecule has 0 radical (unpaired) electrons. The van der Waals surface area contributed by atoms with Crippen LogP contribution in [0.2, 0.25) is 0 Å². The molecule has 0 aliphatic rings. The van der Waals surface area contributed by atoms with E-state index < -0.39 is 6.04 Å². The molecule has 2 rings (SSSR count). The molecule has 1 heterocycles. The van der Waals surface area contributed by atoms with Crippen LogP contribution in [0.1, 0.15) is 18.4 Å². The van der Waals surface area contributed by atoms with Gasteiger partial charge in [0.15, 0.2) is 11.5 Å². The number of para-hydroxylation sites is 1. The Morgan fingerprint density at radius 2 is 2.33 bits per heavy atom. The molecule has 1 aromatic heterocycles. The van der Waals surface area contributed by atoms with E-state index in [1.807, 2.05) is 25.1 Å². The average Bonchev–Trinajstić information content (AvgIpc) is 2.73. The molecule has 1 aromatic carbocycles. The van der Waals surface area contributed by atoms with Crippen molar-refractivity contribution in [3.63, 3.8) is 0 Å². The molecule has 0 aliphatic carbocycles. The summed E-state index contributed by atoms with van der Waals surface area (Å²) in [6, 6.07) is 5.33. The largest absolute Gasteiger partial charge is 0.441 e. The number of amides is 1. The van der Waals surface area contributed by atoms with Gasteiger partial charge in [0.2, 0.25) is 5.91 Å². The zero-order valence-electron chi connectivity index (χ0n) is 10.6. The van der Waals surface area contributed by atoms with E-state index in [1.165, 1.54) is 0 Å². The third-order valence-corrected chi connectivity index (χ3v) is 2.72. The van der Waals surface area contributed by atoms with Crippen LogP contribution in [0.15, 0.2) is 22.6 Å². The number of rotatable bonds is 4. The monoisotopic (exact) mass is 247 g/mol. The van der Waals surface area contributed by atoms with E-state index >= 15 is 0 Å². The Kier molecular flexibility index (Phi) is 3.62. The fourth-order valence-corrected chi connectivity index (χ4v) is 1.69. The second-order valence-electron chi connectivity index (χ2n) is 4.36. The number of hydrogen-bond donors (Lipinski definition) is 2.